The first-order valence-corrected chi connectivity index (χ1v) is 9.33. The number of carbonyl (C=O) groups excluding carboxylic acids is 1. The second kappa shape index (κ2) is 6.26. The number of carbonyl (C=O) groups is 1. The number of hydrogen-bond acceptors (Lipinski definition) is 4. The van der Waals surface area contributed by atoms with Crippen molar-refractivity contribution in [3.05, 3.63) is 71.2 Å². The van der Waals surface area contributed by atoms with Gasteiger partial charge < -0.3 is 4.74 Å². The molecule has 0 aliphatic rings. The Balaban J connectivity index is 2.05. The third-order valence-electron chi connectivity index (χ3n) is 3.54. The number of ether oxygens (including phenoxy) is 1. The van der Waals surface area contributed by atoms with E-state index in [4.69, 9.17) is 16.3 Å². The van der Waals surface area contributed by atoms with Crippen molar-refractivity contribution in [2.75, 3.05) is 6.26 Å². The Morgan fingerprint density at radius 3 is 2.25 bits per heavy atom. The molecule has 0 heterocycles. The quantitative estimate of drug-likeness (QED) is 0.520. The molecule has 0 radical (unpaired) electrons. The molecule has 122 valence electrons. The molecule has 0 aromatic heterocycles. The van der Waals surface area contributed by atoms with Crippen molar-refractivity contribution < 1.29 is 17.9 Å². The highest BCUT2D eigenvalue weighted by Crippen LogP contribution is 2.32. The molecule has 0 N–H and O–H groups in total. The summed E-state index contributed by atoms with van der Waals surface area (Å²) >= 11 is 6.15. The van der Waals surface area contributed by atoms with Gasteiger partial charge in [-0.2, -0.15) is 0 Å². The zero-order valence-corrected chi connectivity index (χ0v) is 14.3. The summed E-state index contributed by atoms with van der Waals surface area (Å²) in [6, 6.07) is 16.4. The van der Waals surface area contributed by atoms with E-state index in [1.54, 1.807) is 36.4 Å². The smallest absolute Gasteiger partial charge is 0.344 e. The van der Waals surface area contributed by atoms with Gasteiger partial charge in [-0.3, -0.25) is 0 Å². The standard InChI is InChI=1S/C18H13ClO4S/c1-24(21,22)17-9-5-4-8-14(17)18(20)23-16-11-10-15(19)12-6-2-3-7-13(12)16/h2-11H,1H3. The fourth-order valence-electron chi connectivity index (χ4n) is 2.44. The van der Waals surface area contributed by atoms with Gasteiger partial charge in [0.2, 0.25) is 0 Å². The van der Waals surface area contributed by atoms with E-state index < -0.39 is 15.8 Å². The molecule has 0 saturated heterocycles. The average Bonchev–Trinajstić information content (AvgIpc) is 2.57. The van der Waals surface area contributed by atoms with Crippen LogP contribution in [0.2, 0.25) is 5.02 Å². The Bertz CT molecular complexity index is 1040. The lowest BCUT2D eigenvalue weighted by atomic mass is 10.1. The molecule has 0 spiro atoms. The highest BCUT2D eigenvalue weighted by atomic mass is 35.5. The number of hydrogen-bond donors (Lipinski definition) is 0. The predicted molar refractivity (Wildman–Crippen MR) is 93.5 cm³/mol. The molecular formula is C18H13ClO4S. The Kier molecular flexibility index (Phi) is 4.30. The minimum atomic E-state index is -3.54. The zero-order valence-electron chi connectivity index (χ0n) is 12.7. The summed E-state index contributed by atoms with van der Waals surface area (Å²) in [5.74, 6) is -0.410. The van der Waals surface area contributed by atoms with Gasteiger partial charge in [0.1, 0.15) is 5.75 Å². The van der Waals surface area contributed by atoms with Crippen LogP contribution < -0.4 is 4.74 Å². The third-order valence-corrected chi connectivity index (χ3v) is 5.02. The van der Waals surface area contributed by atoms with Crippen LogP contribution in [-0.4, -0.2) is 20.6 Å². The Labute approximate surface area is 144 Å². The first kappa shape index (κ1) is 16.5. The largest absolute Gasteiger partial charge is 0.422 e. The Morgan fingerprint density at radius 2 is 1.54 bits per heavy atom. The van der Waals surface area contributed by atoms with Crippen LogP contribution in [0.1, 0.15) is 10.4 Å². The number of halogens is 1. The highest BCUT2D eigenvalue weighted by molar-refractivity contribution is 7.90. The molecule has 0 aliphatic carbocycles. The summed E-state index contributed by atoms with van der Waals surface area (Å²) in [6.07, 6.45) is 1.05. The van der Waals surface area contributed by atoms with E-state index >= 15 is 0 Å². The number of fused-ring (bicyclic) bond motifs is 1. The summed E-state index contributed by atoms with van der Waals surface area (Å²) < 4.78 is 29.1. The average molecular weight is 361 g/mol. The number of benzene rings is 3. The van der Waals surface area contributed by atoms with Crippen LogP contribution in [0.25, 0.3) is 10.8 Å². The number of sulfone groups is 1. The summed E-state index contributed by atoms with van der Waals surface area (Å²) in [5.41, 5.74) is -0.000897. The van der Waals surface area contributed by atoms with E-state index in [0.29, 0.717) is 16.2 Å². The number of rotatable bonds is 3. The van der Waals surface area contributed by atoms with Gasteiger partial charge in [-0.15, -0.1) is 0 Å². The molecule has 3 rings (SSSR count). The molecule has 0 atom stereocenters. The monoisotopic (exact) mass is 360 g/mol. The van der Waals surface area contributed by atoms with Gasteiger partial charge in [-0.05, 0) is 24.3 Å². The zero-order chi connectivity index (χ0) is 17.3. The van der Waals surface area contributed by atoms with E-state index in [9.17, 15) is 13.2 Å². The third kappa shape index (κ3) is 3.13. The van der Waals surface area contributed by atoms with Gasteiger partial charge in [0.05, 0.1) is 10.5 Å². The molecule has 0 aliphatic heterocycles. The lowest BCUT2D eigenvalue weighted by molar-refractivity contribution is 0.0733. The summed E-state index contributed by atoms with van der Waals surface area (Å²) in [5, 5.41) is 1.97. The fraction of sp³-hybridized carbons (Fsp3) is 0.0556. The van der Waals surface area contributed by atoms with Crippen LogP contribution >= 0.6 is 11.6 Å². The van der Waals surface area contributed by atoms with E-state index in [-0.39, 0.29) is 10.5 Å². The maximum absolute atomic E-state index is 12.5. The van der Waals surface area contributed by atoms with Gasteiger partial charge in [-0.1, -0.05) is 48.0 Å². The van der Waals surface area contributed by atoms with E-state index in [0.717, 1.165) is 11.6 Å². The Morgan fingerprint density at radius 1 is 0.917 bits per heavy atom. The predicted octanol–water partition coefficient (Wildman–Crippen LogP) is 4.12. The second-order valence-corrected chi connectivity index (χ2v) is 7.64. The van der Waals surface area contributed by atoms with E-state index in [2.05, 4.69) is 0 Å². The van der Waals surface area contributed by atoms with Crippen LogP contribution in [0.3, 0.4) is 0 Å². The first-order valence-electron chi connectivity index (χ1n) is 7.06. The fourth-order valence-corrected chi connectivity index (χ4v) is 3.54. The minimum absolute atomic E-state index is 0.000897. The Hall–Kier alpha value is -2.37. The molecule has 6 heteroatoms. The van der Waals surface area contributed by atoms with Crippen molar-refractivity contribution in [3.63, 3.8) is 0 Å². The van der Waals surface area contributed by atoms with Gasteiger partial charge >= 0.3 is 5.97 Å². The van der Waals surface area contributed by atoms with Crippen molar-refractivity contribution in [2.24, 2.45) is 0 Å². The van der Waals surface area contributed by atoms with Crippen LogP contribution in [0.5, 0.6) is 5.75 Å². The summed E-state index contributed by atoms with van der Waals surface area (Å²) in [7, 11) is -3.54. The second-order valence-electron chi connectivity index (χ2n) is 5.25. The van der Waals surface area contributed by atoms with Crippen LogP contribution in [0.4, 0.5) is 0 Å². The van der Waals surface area contributed by atoms with Gasteiger partial charge in [0.15, 0.2) is 9.84 Å². The van der Waals surface area contributed by atoms with Crippen LogP contribution in [-0.2, 0) is 9.84 Å². The molecular weight excluding hydrogens is 348 g/mol. The topological polar surface area (TPSA) is 60.4 Å². The van der Waals surface area contributed by atoms with E-state index in [1.165, 1.54) is 12.1 Å². The van der Waals surface area contributed by atoms with Crippen molar-refractivity contribution in [3.8, 4) is 5.75 Å². The maximum Gasteiger partial charge on any atom is 0.344 e. The molecule has 0 bridgehead atoms. The molecule has 24 heavy (non-hydrogen) atoms. The summed E-state index contributed by atoms with van der Waals surface area (Å²) in [4.78, 5) is 12.4. The van der Waals surface area contributed by atoms with E-state index in [1.807, 2.05) is 12.1 Å². The molecule has 3 aromatic rings. The highest BCUT2D eigenvalue weighted by Gasteiger charge is 2.20. The van der Waals surface area contributed by atoms with Crippen molar-refractivity contribution in [1.29, 1.82) is 0 Å². The van der Waals surface area contributed by atoms with Gasteiger partial charge in [0, 0.05) is 22.1 Å². The normalized spacial score (nSPS) is 11.4. The SMILES string of the molecule is CS(=O)(=O)c1ccccc1C(=O)Oc1ccc(Cl)c2ccccc12. The molecule has 0 unspecified atom stereocenters. The first-order chi connectivity index (χ1) is 11.4. The minimum Gasteiger partial charge on any atom is -0.422 e. The molecule has 0 saturated carbocycles. The molecule has 0 fully saturated rings. The van der Waals surface area contributed by atoms with Crippen molar-refractivity contribution in [1.82, 2.24) is 0 Å². The van der Waals surface area contributed by atoms with Crippen molar-refractivity contribution >= 4 is 38.2 Å². The molecule has 4 nitrogen and oxygen atoms in total. The maximum atomic E-state index is 12.5. The molecule has 0 amide bonds. The van der Waals surface area contributed by atoms with Crippen LogP contribution in [0, 0.1) is 0 Å². The van der Waals surface area contributed by atoms with Crippen LogP contribution in [0.15, 0.2) is 65.6 Å². The van der Waals surface area contributed by atoms with Gasteiger partial charge in [-0.25, -0.2) is 13.2 Å². The van der Waals surface area contributed by atoms with Gasteiger partial charge in [0.25, 0.3) is 0 Å². The summed E-state index contributed by atoms with van der Waals surface area (Å²) in [6.45, 7) is 0. The number of esters is 1. The van der Waals surface area contributed by atoms with Crippen molar-refractivity contribution in [2.45, 2.75) is 4.90 Å². The lowest BCUT2D eigenvalue weighted by Gasteiger charge is -2.11. The molecule has 3 aromatic carbocycles. The lowest BCUT2D eigenvalue weighted by Crippen LogP contribution is -2.13.